The first kappa shape index (κ1) is 19.3. The van der Waals surface area contributed by atoms with Gasteiger partial charge in [-0.15, -0.1) is 5.10 Å². The van der Waals surface area contributed by atoms with Crippen LogP contribution < -0.4 is 0 Å². The number of amides is 1. The van der Waals surface area contributed by atoms with E-state index in [0.29, 0.717) is 18.7 Å². The van der Waals surface area contributed by atoms with Gasteiger partial charge in [0.2, 0.25) is 0 Å². The number of fused-ring (bicyclic) bond motifs is 2. The number of carbonyl (C=O) groups excluding carboxylic acids is 1. The highest BCUT2D eigenvalue weighted by molar-refractivity contribution is 5.99. The first-order chi connectivity index (χ1) is 16.3. The van der Waals surface area contributed by atoms with Crippen LogP contribution in [0.1, 0.15) is 21.5 Å². The van der Waals surface area contributed by atoms with Gasteiger partial charge in [0.25, 0.3) is 5.91 Å². The van der Waals surface area contributed by atoms with Gasteiger partial charge in [-0.3, -0.25) is 9.78 Å². The summed E-state index contributed by atoms with van der Waals surface area (Å²) in [6.07, 6.45) is 4.18. The average Bonchev–Trinajstić information content (AvgIpc) is 3.43. The van der Waals surface area contributed by atoms with E-state index in [1.165, 1.54) is 17.5 Å². The molecule has 1 aliphatic heterocycles. The number of para-hydroxylation sites is 1. The molecule has 0 bridgehead atoms. The van der Waals surface area contributed by atoms with Gasteiger partial charge < -0.3 is 4.90 Å². The van der Waals surface area contributed by atoms with Gasteiger partial charge in [0.05, 0.1) is 11.2 Å². The Morgan fingerprint density at radius 2 is 1.79 bits per heavy atom. The number of hydrogen-bond donors (Lipinski definition) is 0. The molecule has 3 heterocycles. The molecule has 0 saturated carbocycles. The van der Waals surface area contributed by atoms with E-state index in [1.807, 2.05) is 59.5 Å². The Balaban J connectivity index is 1.46. The summed E-state index contributed by atoms with van der Waals surface area (Å²) in [5.74, 6) is -0.00567. The summed E-state index contributed by atoms with van der Waals surface area (Å²) < 4.78 is 1.57. The average molecular weight is 432 g/mol. The predicted octanol–water partition coefficient (Wildman–Crippen LogP) is 4.08. The minimum absolute atomic E-state index is 0.00567. The van der Waals surface area contributed by atoms with Crippen molar-refractivity contribution < 1.29 is 4.79 Å². The number of benzene rings is 3. The van der Waals surface area contributed by atoms with Crippen molar-refractivity contribution in [1.29, 1.82) is 0 Å². The number of rotatable bonds is 3. The van der Waals surface area contributed by atoms with Gasteiger partial charge in [0.15, 0.2) is 0 Å². The molecule has 7 nitrogen and oxygen atoms in total. The number of hydrogen-bond acceptors (Lipinski definition) is 5. The molecule has 5 aromatic rings. The second kappa shape index (κ2) is 7.94. The topological polar surface area (TPSA) is 76.8 Å². The van der Waals surface area contributed by atoms with Crippen molar-refractivity contribution in [1.82, 2.24) is 30.1 Å². The Kier molecular flexibility index (Phi) is 4.65. The second-order valence-corrected chi connectivity index (χ2v) is 8.15. The van der Waals surface area contributed by atoms with E-state index in [9.17, 15) is 4.79 Å². The quantitative estimate of drug-likeness (QED) is 0.429. The molecule has 6 rings (SSSR count). The number of nitrogens with zero attached hydrogens (tertiary/aromatic N) is 6. The van der Waals surface area contributed by atoms with Crippen LogP contribution in [0.5, 0.6) is 0 Å². The van der Waals surface area contributed by atoms with Crippen LogP contribution in [0.3, 0.4) is 0 Å². The zero-order valence-electron chi connectivity index (χ0n) is 17.8. The van der Waals surface area contributed by atoms with Gasteiger partial charge in [-0.05, 0) is 57.8 Å². The number of carbonyl (C=O) groups is 1. The summed E-state index contributed by atoms with van der Waals surface area (Å²) in [4.78, 5) is 20.1. The summed E-state index contributed by atoms with van der Waals surface area (Å²) in [5, 5.41) is 12.6. The molecule has 0 atom stereocenters. The van der Waals surface area contributed by atoms with Crippen LogP contribution >= 0.6 is 0 Å². The highest BCUT2D eigenvalue weighted by atomic mass is 16.2. The summed E-state index contributed by atoms with van der Waals surface area (Å²) in [7, 11) is 0. The standard InChI is InChI=1S/C26H20N6O/c33-26(31-12-10-18-5-1-2-6-20(18)16-31)22-13-21(14-23(15-22)32-17-28-29-30-32)24-9-3-7-19-8-4-11-27-25(19)24/h1-9,11,13-15,17H,10,12,16H2. The van der Waals surface area contributed by atoms with Crippen LogP contribution in [0.4, 0.5) is 0 Å². The fraction of sp³-hybridized carbons (Fsp3) is 0.115. The lowest BCUT2D eigenvalue weighted by molar-refractivity contribution is 0.0734. The van der Waals surface area contributed by atoms with E-state index in [-0.39, 0.29) is 5.91 Å². The fourth-order valence-electron chi connectivity index (χ4n) is 4.49. The van der Waals surface area contributed by atoms with Crippen LogP contribution in [0.25, 0.3) is 27.7 Å². The van der Waals surface area contributed by atoms with Crippen molar-refractivity contribution >= 4 is 16.8 Å². The Morgan fingerprint density at radius 1 is 0.909 bits per heavy atom. The molecule has 2 aromatic heterocycles. The summed E-state index contributed by atoms with van der Waals surface area (Å²) >= 11 is 0. The number of pyridine rings is 1. The lowest BCUT2D eigenvalue weighted by Crippen LogP contribution is -2.36. The number of aromatic nitrogens is 5. The minimum Gasteiger partial charge on any atom is -0.334 e. The normalized spacial score (nSPS) is 13.2. The highest BCUT2D eigenvalue weighted by Gasteiger charge is 2.23. The third-order valence-corrected chi connectivity index (χ3v) is 6.14. The zero-order valence-corrected chi connectivity index (χ0v) is 17.8. The van der Waals surface area contributed by atoms with Crippen molar-refractivity contribution in [2.24, 2.45) is 0 Å². The summed E-state index contributed by atoms with van der Waals surface area (Å²) in [5.41, 5.74) is 6.59. The van der Waals surface area contributed by atoms with E-state index < -0.39 is 0 Å². The van der Waals surface area contributed by atoms with Crippen molar-refractivity contribution in [2.45, 2.75) is 13.0 Å². The fourth-order valence-corrected chi connectivity index (χ4v) is 4.49. The monoisotopic (exact) mass is 432 g/mol. The van der Waals surface area contributed by atoms with Crippen LogP contribution in [0.2, 0.25) is 0 Å². The van der Waals surface area contributed by atoms with Gasteiger partial charge in [0, 0.05) is 35.8 Å². The Hall–Kier alpha value is -4.39. The maximum atomic E-state index is 13.6. The van der Waals surface area contributed by atoms with E-state index >= 15 is 0 Å². The maximum absolute atomic E-state index is 13.6. The van der Waals surface area contributed by atoms with Crippen LogP contribution in [0.15, 0.2) is 85.3 Å². The van der Waals surface area contributed by atoms with Gasteiger partial charge in [-0.25, -0.2) is 4.68 Å². The molecule has 33 heavy (non-hydrogen) atoms. The van der Waals surface area contributed by atoms with Gasteiger partial charge in [-0.2, -0.15) is 0 Å². The molecule has 1 aliphatic rings. The highest BCUT2D eigenvalue weighted by Crippen LogP contribution is 2.30. The van der Waals surface area contributed by atoms with Gasteiger partial charge in [-0.1, -0.05) is 48.5 Å². The molecule has 0 aliphatic carbocycles. The maximum Gasteiger partial charge on any atom is 0.254 e. The van der Waals surface area contributed by atoms with Crippen molar-refractivity contribution in [2.75, 3.05) is 6.54 Å². The lowest BCUT2D eigenvalue weighted by atomic mass is 9.97. The molecule has 7 heteroatoms. The van der Waals surface area contributed by atoms with Crippen molar-refractivity contribution in [3.8, 4) is 16.8 Å². The molecule has 0 fully saturated rings. The minimum atomic E-state index is -0.00567. The third-order valence-electron chi connectivity index (χ3n) is 6.14. The molecule has 1 amide bonds. The van der Waals surface area contributed by atoms with E-state index in [2.05, 4.69) is 38.7 Å². The molecule has 0 radical (unpaired) electrons. The molecule has 0 saturated heterocycles. The molecule has 0 N–H and O–H groups in total. The van der Waals surface area contributed by atoms with Gasteiger partial charge in [0.1, 0.15) is 6.33 Å². The molecular weight excluding hydrogens is 412 g/mol. The first-order valence-corrected chi connectivity index (χ1v) is 10.8. The Labute approximate surface area is 190 Å². The van der Waals surface area contributed by atoms with Crippen LogP contribution in [-0.4, -0.2) is 42.5 Å². The van der Waals surface area contributed by atoms with Crippen molar-refractivity contribution in [3.63, 3.8) is 0 Å². The zero-order chi connectivity index (χ0) is 22.2. The second-order valence-electron chi connectivity index (χ2n) is 8.15. The van der Waals surface area contributed by atoms with E-state index in [0.717, 1.165) is 34.1 Å². The Morgan fingerprint density at radius 3 is 2.67 bits per heavy atom. The molecular formula is C26H20N6O. The first-order valence-electron chi connectivity index (χ1n) is 10.8. The molecule has 0 unspecified atom stereocenters. The molecule has 0 spiro atoms. The van der Waals surface area contributed by atoms with Gasteiger partial charge >= 0.3 is 0 Å². The van der Waals surface area contributed by atoms with Crippen LogP contribution in [0, 0.1) is 0 Å². The van der Waals surface area contributed by atoms with Crippen molar-refractivity contribution in [3.05, 3.63) is 102 Å². The number of tetrazole rings is 1. The largest absolute Gasteiger partial charge is 0.334 e. The predicted molar refractivity (Wildman–Crippen MR) is 125 cm³/mol. The lowest BCUT2D eigenvalue weighted by Gasteiger charge is -2.29. The van der Waals surface area contributed by atoms with Crippen LogP contribution in [-0.2, 0) is 13.0 Å². The smallest absolute Gasteiger partial charge is 0.254 e. The summed E-state index contributed by atoms with van der Waals surface area (Å²) in [6.45, 7) is 1.30. The SMILES string of the molecule is O=C(c1cc(-c2cccc3cccnc23)cc(-n2cnnn2)c1)N1CCc2ccccc2C1. The van der Waals surface area contributed by atoms with E-state index in [1.54, 1.807) is 10.9 Å². The summed E-state index contributed by atoms with van der Waals surface area (Å²) in [6, 6.07) is 24.1. The Bertz CT molecular complexity index is 1470. The van der Waals surface area contributed by atoms with E-state index in [4.69, 9.17) is 0 Å². The molecule has 3 aromatic carbocycles. The third kappa shape index (κ3) is 3.53. The molecule has 160 valence electrons.